The van der Waals surface area contributed by atoms with Gasteiger partial charge in [0.2, 0.25) is 0 Å². The van der Waals surface area contributed by atoms with Crippen LogP contribution in [0.2, 0.25) is 0 Å². The summed E-state index contributed by atoms with van der Waals surface area (Å²) >= 11 is 0. The first-order valence-corrected chi connectivity index (χ1v) is 13.5. The van der Waals surface area contributed by atoms with E-state index in [1.54, 1.807) is 28.8 Å². The van der Waals surface area contributed by atoms with Crippen LogP contribution in [0.5, 0.6) is 0 Å². The van der Waals surface area contributed by atoms with Crippen molar-refractivity contribution in [3.8, 4) is 17.5 Å². The minimum Gasteiger partial charge on any atom is -0.416 e. The van der Waals surface area contributed by atoms with Crippen molar-refractivity contribution >= 4 is 17.1 Å². The number of halogens is 4. The van der Waals surface area contributed by atoms with Crippen LogP contribution in [0.1, 0.15) is 73.7 Å². The highest BCUT2D eigenvalue weighted by Gasteiger charge is 2.42. The Kier molecular flexibility index (Phi) is 8.06. The largest absolute Gasteiger partial charge is 0.416 e. The molecule has 1 aliphatic carbocycles. The zero-order chi connectivity index (χ0) is 30.9. The summed E-state index contributed by atoms with van der Waals surface area (Å²) in [6, 6.07) is 8.48. The highest BCUT2D eigenvalue weighted by Crippen LogP contribution is 2.41. The van der Waals surface area contributed by atoms with Gasteiger partial charge in [-0.15, -0.1) is 10.2 Å². The number of hydrogen-bond donors (Lipinski definition) is 3. The van der Waals surface area contributed by atoms with Crippen LogP contribution in [0.4, 0.5) is 23.2 Å². The van der Waals surface area contributed by atoms with Gasteiger partial charge in [0, 0.05) is 12.2 Å². The molecular weight excluding hydrogens is 572 g/mol. The van der Waals surface area contributed by atoms with Crippen LogP contribution < -0.4 is 10.6 Å². The van der Waals surface area contributed by atoms with Crippen molar-refractivity contribution in [2.45, 2.75) is 69.4 Å². The molecule has 4 aromatic rings. The Morgan fingerprint density at radius 1 is 1.23 bits per heavy atom. The van der Waals surface area contributed by atoms with E-state index in [0.29, 0.717) is 28.2 Å². The lowest BCUT2D eigenvalue weighted by molar-refractivity contribution is -0.00178. The van der Waals surface area contributed by atoms with Crippen molar-refractivity contribution in [3.63, 3.8) is 0 Å². The minimum atomic E-state index is -3.01. The van der Waals surface area contributed by atoms with E-state index in [-0.39, 0.29) is 37.3 Å². The summed E-state index contributed by atoms with van der Waals surface area (Å²) in [6.45, 7) is 2.13. The summed E-state index contributed by atoms with van der Waals surface area (Å²) in [5.41, 5.74) is -1.30. The van der Waals surface area contributed by atoms with Gasteiger partial charge in [0.15, 0.2) is 5.67 Å². The average molecular weight is 601 g/mol. The number of alkyl halides is 4. The highest BCUT2D eigenvalue weighted by molar-refractivity contribution is 6.00. The van der Waals surface area contributed by atoms with Crippen LogP contribution in [0.15, 0.2) is 41.1 Å². The van der Waals surface area contributed by atoms with Crippen LogP contribution in [-0.2, 0) is 5.67 Å². The second-order valence-electron chi connectivity index (χ2n) is 11.0. The molecule has 15 heteroatoms. The topological polar surface area (TPSA) is 154 Å². The van der Waals surface area contributed by atoms with Crippen molar-refractivity contribution in [2.24, 2.45) is 0 Å². The highest BCUT2D eigenvalue weighted by atomic mass is 19.3. The summed E-state index contributed by atoms with van der Waals surface area (Å²) in [5, 5.41) is 35.8. The number of amides is 1. The number of nitrogens with zero attached hydrogens (tertiary/aromatic N) is 6. The molecule has 3 N–H and O–H groups in total. The van der Waals surface area contributed by atoms with Crippen LogP contribution in [0.3, 0.4) is 0 Å². The van der Waals surface area contributed by atoms with Crippen molar-refractivity contribution in [3.05, 3.63) is 59.6 Å². The maximum absolute atomic E-state index is 15.6. The lowest BCUT2D eigenvalue weighted by Gasteiger charge is -2.32. The van der Waals surface area contributed by atoms with Gasteiger partial charge in [0.1, 0.15) is 12.2 Å². The third-order valence-electron chi connectivity index (χ3n) is 7.40. The Hall–Kier alpha value is -4.58. The zero-order valence-electron chi connectivity index (χ0n) is 23.2. The molecule has 226 valence electrons. The van der Waals surface area contributed by atoms with Gasteiger partial charge in [-0.05, 0) is 63.8 Å². The standard InChI is InChI=1S/C28H28F4N8O3/c1-27(2,42)22(29)14-35-24(41)18-13-34-20(21-4-3-17-9-15(11-33)12-36-40(17)21)10-19(18)37-16-5-7-28(32,8-6-16)26-39-38-25(43-26)23(30)31/h3-4,9-10,12-13,16,22-23,42H,5-8,14H2,1-2H3,(H,34,37)(H,35,41)/t16?,22-,28?/m1/s1. The number of rotatable bonds is 9. The van der Waals surface area contributed by atoms with Crippen molar-refractivity contribution in [1.82, 2.24) is 30.1 Å². The number of aliphatic hydroxyl groups is 1. The maximum Gasteiger partial charge on any atom is 0.314 e. The van der Waals surface area contributed by atoms with Crippen molar-refractivity contribution in [1.29, 1.82) is 5.26 Å². The molecule has 1 atom stereocenters. The summed E-state index contributed by atoms with van der Waals surface area (Å²) in [4.78, 5) is 17.6. The number of fused-ring (bicyclic) bond motifs is 1. The lowest BCUT2D eigenvalue weighted by Crippen LogP contribution is -2.42. The van der Waals surface area contributed by atoms with Crippen LogP contribution >= 0.6 is 0 Å². The fraction of sp³-hybridized carbons (Fsp3) is 0.429. The first kappa shape index (κ1) is 29.9. The molecule has 1 amide bonds. The third-order valence-corrected chi connectivity index (χ3v) is 7.40. The van der Waals surface area contributed by atoms with Gasteiger partial charge in [-0.3, -0.25) is 9.78 Å². The second-order valence-corrected chi connectivity index (χ2v) is 11.0. The molecule has 0 bridgehead atoms. The van der Waals surface area contributed by atoms with Crippen molar-refractivity contribution in [2.75, 3.05) is 11.9 Å². The van der Waals surface area contributed by atoms with Crippen molar-refractivity contribution < 1.29 is 31.9 Å². The van der Waals surface area contributed by atoms with Gasteiger partial charge in [0.05, 0.1) is 52.1 Å². The van der Waals surface area contributed by atoms with E-state index in [0.717, 1.165) is 0 Å². The quantitative estimate of drug-likeness (QED) is 0.233. The third kappa shape index (κ3) is 6.29. The Bertz CT molecular complexity index is 1670. The Morgan fingerprint density at radius 2 is 1.98 bits per heavy atom. The molecule has 1 saturated carbocycles. The molecular formula is C28H28F4N8O3. The SMILES string of the molecule is CC(C)(O)[C@H](F)CNC(=O)c1cnc(-c2ccc3cc(C#N)cnn23)cc1NC1CCC(F)(c2nnc(C(F)F)o2)CC1. The number of aromatic nitrogens is 5. The first-order valence-electron chi connectivity index (χ1n) is 13.5. The summed E-state index contributed by atoms with van der Waals surface area (Å²) < 4.78 is 62.1. The molecule has 11 nitrogen and oxygen atoms in total. The smallest absolute Gasteiger partial charge is 0.314 e. The molecule has 0 radical (unpaired) electrons. The number of carbonyl (C=O) groups excluding carboxylic acids is 1. The van der Waals surface area contributed by atoms with Gasteiger partial charge in [-0.25, -0.2) is 13.3 Å². The van der Waals surface area contributed by atoms with E-state index in [4.69, 9.17) is 4.42 Å². The molecule has 0 unspecified atom stereocenters. The summed E-state index contributed by atoms with van der Waals surface area (Å²) in [6.07, 6.45) is -1.74. The van der Waals surface area contributed by atoms with Gasteiger partial charge < -0.3 is 20.2 Å². The Labute approximate surface area is 242 Å². The number of hydrogen-bond acceptors (Lipinski definition) is 9. The average Bonchev–Trinajstić information content (AvgIpc) is 3.65. The second kappa shape index (κ2) is 11.6. The van der Waals surface area contributed by atoms with E-state index >= 15 is 4.39 Å². The zero-order valence-corrected chi connectivity index (χ0v) is 23.2. The summed E-state index contributed by atoms with van der Waals surface area (Å²) in [7, 11) is 0. The predicted molar refractivity (Wildman–Crippen MR) is 145 cm³/mol. The van der Waals surface area contributed by atoms with E-state index in [9.17, 15) is 28.3 Å². The van der Waals surface area contributed by atoms with Crippen LogP contribution in [0, 0.1) is 11.3 Å². The van der Waals surface area contributed by atoms with Gasteiger partial charge in [-0.2, -0.15) is 19.1 Å². The molecule has 0 aromatic carbocycles. The first-order chi connectivity index (χ1) is 20.4. The van der Waals surface area contributed by atoms with E-state index < -0.39 is 48.1 Å². The molecule has 43 heavy (non-hydrogen) atoms. The number of nitrogens with one attached hydrogen (secondary N) is 2. The molecule has 1 fully saturated rings. The van der Waals surface area contributed by atoms with E-state index in [1.807, 2.05) is 6.07 Å². The Balaban J connectivity index is 1.40. The number of carbonyl (C=O) groups is 1. The number of anilines is 1. The van der Waals surface area contributed by atoms with E-state index in [2.05, 4.69) is 30.9 Å². The van der Waals surface area contributed by atoms with Crippen LogP contribution in [-0.4, -0.2) is 60.2 Å². The summed E-state index contributed by atoms with van der Waals surface area (Å²) in [5.74, 6) is -2.08. The fourth-order valence-corrected chi connectivity index (χ4v) is 4.83. The number of pyridine rings is 1. The van der Waals surface area contributed by atoms with Gasteiger partial charge >= 0.3 is 6.43 Å². The van der Waals surface area contributed by atoms with E-state index in [1.165, 1.54) is 26.2 Å². The fourth-order valence-electron chi connectivity index (χ4n) is 4.83. The molecule has 1 aliphatic rings. The monoisotopic (exact) mass is 600 g/mol. The predicted octanol–water partition coefficient (Wildman–Crippen LogP) is 4.65. The molecule has 5 rings (SSSR count). The molecule has 0 saturated heterocycles. The lowest BCUT2D eigenvalue weighted by atomic mass is 9.83. The van der Waals surface area contributed by atoms with Gasteiger partial charge in [-0.1, -0.05) is 0 Å². The molecule has 0 spiro atoms. The molecule has 0 aliphatic heterocycles. The van der Waals surface area contributed by atoms with Gasteiger partial charge in [0.25, 0.3) is 17.7 Å². The minimum absolute atomic E-state index is 0.0860. The normalized spacial score (nSPS) is 19.7. The molecule has 4 heterocycles. The Morgan fingerprint density at radius 3 is 2.63 bits per heavy atom. The number of nitriles is 1. The molecule has 4 aromatic heterocycles. The van der Waals surface area contributed by atoms with Crippen LogP contribution in [0.25, 0.3) is 16.9 Å². The maximum atomic E-state index is 15.6.